The second-order valence-corrected chi connectivity index (χ2v) is 6.22. The molecule has 0 spiro atoms. The summed E-state index contributed by atoms with van der Waals surface area (Å²) in [6, 6.07) is 6.95. The molecule has 2 N–H and O–H groups in total. The van der Waals surface area contributed by atoms with Crippen LogP contribution >= 0.6 is 0 Å². The number of aryl methyl sites for hydroxylation is 3. The topological polar surface area (TPSA) is 72.7 Å². The summed E-state index contributed by atoms with van der Waals surface area (Å²) >= 11 is 0. The first-order valence-corrected chi connectivity index (χ1v) is 9.00. The molecule has 0 bridgehead atoms. The molecule has 9 heteroatoms. The van der Waals surface area contributed by atoms with Gasteiger partial charge in [-0.15, -0.1) is 0 Å². The van der Waals surface area contributed by atoms with Crippen LogP contribution in [0.5, 0.6) is 11.5 Å². The Labute approximate surface area is 163 Å². The lowest BCUT2D eigenvalue weighted by atomic mass is 10.2. The van der Waals surface area contributed by atoms with Crippen LogP contribution in [0.3, 0.4) is 0 Å². The number of aromatic nitrogens is 2. The molecule has 0 saturated heterocycles. The van der Waals surface area contributed by atoms with Gasteiger partial charge in [0, 0.05) is 32.4 Å². The SMILES string of the molecule is CN=C(NCCCn1nc(C)cc1C)NCc1ccc(OC)c(OC(F)F)c1. The number of nitrogens with zero attached hydrogens (tertiary/aromatic N) is 3. The minimum atomic E-state index is -2.91. The summed E-state index contributed by atoms with van der Waals surface area (Å²) in [4.78, 5) is 4.17. The van der Waals surface area contributed by atoms with E-state index in [1.807, 2.05) is 18.5 Å². The van der Waals surface area contributed by atoms with Crippen LogP contribution in [0.4, 0.5) is 8.78 Å². The normalized spacial score (nSPS) is 11.6. The first-order valence-electron chi connectivity index (χ1n) is 9.00. The molecule has 1 aromatic heterocycles. The third kappa shape index (κ3) is 6.40. The summed E-state index contributed by atoms with van der Waals surface area (Å²) in [6.07, 6.45) is 0.886. The minimum absolute atomic E-state index is 0.00429. The lowest BCUT2D eigenvalue weighted by molar-refractivity contribution is -0.0512. The van der Waals surface area contributed by atoms with Gasteiger partial charge in [-0.25, -0.2) is 0 Å². The molecular formula is C19H27F2N5O2. The number of guanidine groups is 1. The van der Waals surface area contributed by atoms with Crippen LogP contribution < -0.4 is 20.1 Å². The van der Waals surface area contributed by atoms with Crippen LogP contribution in [0.2, 0.25) is 0 Å². The van der Waals surface area contributed by atoms with E-state index in [0.29, 0.717) is 12.5 Å². The standard InChI is InChI=1S/C19H27F2N5O2/c1-13-10-14(2)26(25-13)9-5-8-23-19(22-3)24-12-15-6-7-16(27-4)17(11-15)28-18(20)21/h6-7,10-11,18H,5,8-9,12H2,1-4H3,(H2,22,23,24). The van der Waals surface area contributed by atoms with E-state index in [1.165, 1.54) is 13.2 Å². The molecule has 2 aromatic rings. The van der Waals surface area contributed by atoms with E-state index in [-0.39, 0.29) is 11.5 Å². The highest BCUT2D eigenvalue weighted by Crippen LogP contribution is 2.29. The molecule has 0 fully saturated rings. The lowest BCUT2D eigenvalue weighted by Crippen LogP contribution is -2.37. The Morgan fingerprint density at radius 3 is 2.61 bits per heavy atom. The number of ether oxygens (including phenoxy) is 2. The molecule has 154 valence electrons. The Bertz CT molecular complexity index is 793. The monoisotopic (exact) mass is 395 g/mol. The van der Waals surface area contributed by atoms with Crippen molar-refractivity contribution in [3.63, 3.8) is 0 Å². The first-order chi connectivity index (χ1) is 13.4. The van der Waals surface area contributed by atoms with Gasteiger partial charge in [0.05, 0.1) is 12.8 Å². The van der Waals surface area contributed by atoms with E-state index >= 15 is 0 Å². The van der Waals surface area contributed by atoms with E-state index in [2.05, 4.69) is 31.5 Å². The number of alkyl halides is 2. The summed E-state index contributed by atoms with van der Waals surface area (Å²) in [7, 11) is 3.08. The molecular weight excluding hydrogens is 368 g/mol. The maximum Gasteiger partial charge on any atom is 0.387 e. The molecule has 28 heavy (non-hydrogen) atoms. The van der Waals surface area contributed by atoms with Gasteiger partial charge in [-0.1, -0.05) is 6.07 Å². The summed E-state index contributed by atoms with van der Waals surface area (Å²) < 4.78 is 36.6. The third-order valence-corrected chi connectivity index (χ3v) is 4.07. The Balaban J connectivity index is 1.82. The van der Waals surface area contributed by atoms with Crippen LogP contribution in [0.25, 0.3) is 0 Å². The van der Waals surface area contributed by atoms with Gasteiger partial charge in [-0.3, -0.25) is 9.67 Å². The molecule has 0 unspecified atom stereocenters. The van der Waals surface area contributed by atoms with Crippen LogP contribution in [-0.2, 0) is 13.1 Å². The molecule has 0 amide bonds. The van der Waals surface area contributed by atoms with Crippen molar-refractivity contribution in [2.75, 3.05) is 20.7 Å². The van der Waals surface area contributed by atoms with E-state index in [0.717, 1.165) is 36.5 Å². The minimum Gasteiger partial charge on any atom is -0.493 e. The number of aliphatic imine (C=N–C) groups is 1. The molecule has 0 aliphatic heterocycles. The fraction of sp³-hybridized carbons (Fsp3) is 0.474. The molecule has 0 aliphatic carbocycles. The van der Waals surface area contributed by atoms with Gasteiger partial charge in [-0.2, -0.15) is 13.9 Å². The molecule has 1 aromatic carbocycles. The van der Waals surface area contributed by atoms with Crippen molar-refractivity contribution in [1.82, 2.24) is 20.4 Å². The van der Waals surface area contributed by atoms with E-state index < -0.39 is 6.61 Å². The van der Waals surface area contributed by atoms with Crippen molar-refractivity contribution >= 4 is 5.96 Å². The van der Waals surface area contributed by atoms with Crippen molar-refractivity contribution in [2.45, 2.75) is 40.0 Å². The lowest BCUT2D eigenvalue weighted by Gasteiger charge is -2.14. The predicted octanol–water partition coefficient (Wildman–Crippen LogP) is 2.87. The van der Waals surface area contributed by atoms with E-state index in [1.54, 1.807) is 19.2 Å². The van der Waals surface area contributed by atoms with Gasteiger partial charge in [-0.05, 0) is 44.0 Å². The number of hydrogen-bond acceptors (Lipinski definition) is 4. The van der Waals surface area contributed by atoms with Gasteiger partial charge < -0.3 is 20.1 Å². The Morgan fingerprint density at radius 1 is 1.21 bits per heavy atom. The Hall–Kier alpha value is -2.84. The quantitative estimate of drug-likeness (QED) is 0.388. The fourth-order valence-corrected chi connectivity index (χ4v) is 2.76. The molecule has 0 aliphatic rings. The van der Waals surface area contributed by atoms with Crippen LogP contribution in [0, 0.1) is 13.8 Å². The first kappa shape index (κ1) is 21.5. The zero-order valence-corrected chi connectivity index (χ0v) is 16.6. The highest BCUT2D eigenvalue weighted by atomic mass is 19.3. The second kappa shape index (κ2) is 10.5. The smallest absolute Gasteiger partial charge is 0.387 e. The highest BCUT2D eigenvalue weighted by molar-refractivity contribution is 5.79. The van der Waals surface area contributed by atoms with E-state index in [9.17, 15) is 8.78 Å². The third-order valence-electron chi connectivity index (χ3n) is 4.07. The zero-order valence-electron chi connectivity index (χ0n) is 16.6. The van der Waals surface area contributed by atoms with Crippen molar-refractivity contribution in [3.05, 3.63) is 41.2 Å². The van der Waals surface area contributed by atoms with Gasteiger partial charge in [0.2, 0.25) is 0 Å². The molecule has 0 saturated carbocycles. The number of rotatable bonds is 9. The van der Waals surface area contributed by atoms with Crippen molar-refractivity contribution < 1.29 is 18.3 Å². The summed E-state index contributed by atoms with van der Waals surface area (Å²) in [5, 5.41) is 10.8. The zero-order chi connectivity index (χ0) is 20.5. The summed E-state index contributed by atoms with van der Waals surface area (Å²) in [5.74, 6) is 0.890. The number of halogens is 2. The van der Waals surface area contributed by atoms with Gasteiger partial charge in [0.15, 0.2) is 17.5 Å². The van der Waals surface area contributed by atoms with Gasteiger partial charge in [0.1, 0.15) is 0 Å². The van der Waals surface area contributed by atoms with Crippen molar-refractivity contribution in [1.29, 1.82) is 0 Å². The molecule has 1 heterocycles. The van der Waals surface area contributed by atoms with Crippen molar-refractivity contribution in [3.8, 4) is 11.5 Å². The molecule has 2 rings (SSSR count). The highest BCUT2D eigenvalue weighted by Gasteiger charge is 2.11. The van der Waals surface area contributed by atoms with Crippen molar-refractivity contribution in [2.24, 2.45) is 4.99 Å². The van der Waals surface area contributed by atoms with Gasteiger partial charge in [0.25, 0.3) is 0 Å². The maximum atomic E-state index is 12.5. The second-order valence-electron chi connectivity index (χ2n) is 6.22. The fourth-order valence-electron chi connectivity index (χ4n) is 2.76. The number of benzene rings is 1. The van der Waals surface area contributed by atoms with Crippen LogP contribution in [0.15, 0.2) is 29.3 Å². The molecule has 7 nitrogen and oxygen atoms in total. The average molecular weight is 395 g/mol. The largest absolute Gasteiger partial charge is 0.493 e. The predicted molar refractivity (Wildman–Crippen MR) is 104 cm³/mol. The van der Waals surface area contributed by atoms with Crippen LogP contribution in [-0.4, -0.2) is 43.1 Å². The Kier molecular flexibility index (Phi) is 8.03. The molecule has 0 radical (unpaired) electrons. The molecule has 0 atom stereocenters. The van der Waals surface area contributed by atoms with Gasteiger partial charge >= 0.3 is 6.61 Å². The maximum absolute atomic E-state index is 12.5. The summed E-state index contributed by atoms with van der Waals surface area (Å²) in [6.45, 7) is 3.05. The average Bonchev–Trinajstić information content (AvgIpc) is 2.98. The summed E-state index contributed by atoms with van der Waals surface area (Å²) in [5.41, 5.74) is 2.92. The number of hydrogen-bond donors (Lipinski definition) is 2. The number of methoxy groups -OCH3 is 1. The Morgan fingerprint density at radius 2 is 2.00 bits per heavy atom. The van der Waals surface area contributed by atoms with E-state index in [4.69, 9.17) is 4.74 Å². The number of nitrogens with one attached hydrogen (secondary N) is 2. The van der Waals surface area contributed by atoms with Crippen LogP contribution in [0.1, 0.15) is 23.4 Å².